The van der Waals surface area contributed by atoms with Crippen LogP contribution in [-0.4, -0.2) is 30.1 Å². The number of hydrogen-bond donors (Lipinski definition) is 1. The minimum absolute atomic E-state index is 0.514. The van der Waals surface area contributed by atoms with Gasteiger partial charge in [-0.05, 0) is 43.9 Å². The Morgan fingerprint density at radius 3 is 2.46 bits per heavy atom. The van der Waals surface area contributed by atoms with Crippen molar-refractivity contribution in [3.8, 4) is 0 Å². The van der Waals surface area contributed by atoms with Gasteiger partial charge in [-0.1, -0.05) is 0 Å². The monoisotopic (exact) mass is 180 g/mol. The second-order valence-corrected chi connectivity index (χ2v) is 5.28. The molecule has 2 heteroatoms. The molecule has 1 aliphatic heterocycles. The molecule has 3 aliphatic rings. The van der Waals surface area contributed by atoms with Crippen molar-refractivity contribution in [1.82, 2.24) is 4.90 Å². The summed E-state index contributed by atoms with van der Waals surface area (Å²) in [5, 5.41) is 0. The molecule has 2 N–H and O–H groups in total. The summed E-state index contributed by atoms with van der Waals surface area (Å²) in [7, 11) is 0. The third kappa shape index (κ3) is 1.50. The SMILES string of the molecule is NC1CCC2CN(C3CC3)CC2C1. The summed E-state index contributed by atoms with van der Waals surface area (Å²) in [6, 6.07) is 1.49. The zero-order valence-electron chi connectivity index (χ0n) is 8.28. The molecule has 13 heavy (non-hydrogen) atoms. The minimum atomic E-state index is 0.514. The van der Waals surface area contributed by atoms with Crippen LogP contribution in [0.1, 0.15) is 32.1 Å². The molecule has 74 valence electrons. The van der Waals surface area contributed by atoms with Gasteiger partial charge in [0.1, 0.15) is 0 Å². The standard InChI is InChI=1S/C11H20N2/c12-10-2-1-8-6-13(11-3-4-11)7-9(8)5-10/h8-11H,1-7,12H2. The van der Waals surface area contributed by atoms with Crippen molar-refractivity contribution < 1.29 is 0 Å². The van der Waals surface area contributed by atoms with Gasteiger partial charge in [-0.15, -0.1) is 0 Å². The first kappa shape index (κ1) is 8.25. The summed E-state index contributed by atoms with van der Waals surface area (Å²) in [5.74, 6) is 1.95. The summed E-state index contributed by atoms with van der Waals surface area (Å²) in [6.45, 7) is 2.76. The van der Waals surface area contributed by atoms with Crippen molar-refractivity contribution in [2.24, 2.45) is 17.6 Å². The van der Waals surface area contributed by atoms with Crippen LogP contribution in [0.3, 0.4) is 0 Å². The van der Waals surface area contributed by atoms with Crippen molar-refractivity contribution in [2.45, 2.75) is 44.2 Å². The first-order chi connectivity index (χ1) is 6.33. The highest BCUT2D eigenvalue weighted by Crippen LogP contribution is 2.40. The van der Waals surface area contributed by atoms with E-state index in [1.54, 1.807) is 0 Å². The van der Waals surface area contributed by atoms with Gasteiger partial charge in [0.25, 0.3) is 0 Å². The van der Waals surface area contributed by atoms with Crippen LogP contribution in [0.5, 0.6) is 0 Å². The van der Waals surface area contributed by atoms with Gasteiger partial charge in [0, 0.05) is 25.2 Å². The second kappa shape index (κ2) is 2.96. The van der Waals surface area contributed by atoms with Crippen molar-refractivity contribution in [1.29, 1.82) is 0 Å². The minimum Gasteiger partial charge on any atom is -0.328 e. The topological polar surface area (TPSA) is 29.3 Å². The van der Waals surface area contributed by atoms with Crippen molar-refractivity contribution >= 4 is 0 Å². The van der Waals surface area contributed by atoms with E-state index in [1.165, 1.54) is 45.2 Å². The highest BCUT2D eigenvalue weighted by molar-refractivity contribution is 4.96. The van der Waals surface area contributed by atoms with E-state index in [0.717, 1.165) is 17.9 Å². The van der Waals surface area contributed by atoms with E-state index in [4.69, 9.17) is 5.73 Å². The van der Waals surface area contributed by atoms with Crippen molar-refractivity contribution in [3.63, 3.8) is 0 Å². The summed E-state index contributed by atoms with van der Waals surface area (Å²) >= 11 is 0. The van der Waals surface area contributed by atoms with E-state index < -0.39 is 0 Å². The molecule has 2 nitrogen and oxygen atoms in total. The van der Waals surface area contributed by atoms with Gasteiger partial charge < -0.3 is 5.73 Å². The van der Waals surface area contributed by atoms with E-state index >= 15 is 0 Å². The van der Waals surface area contributed by atoms with E-state index in [1.807, 2.05) is 0 Å². The van der Waals surface area contributed by atoms with E-state index in [0.29, 0.717) is 6.04 Å². The average molecular weight is 180 g/mol. The Hall–Kier alpha value is -0.0800. The Kier molecular flexibility index (Phi) is 1.88. The van der Waals surface area contributed by atoms with Gasteiger partial charge >= 0.3 is 0 Å². The maximum atomic E-state index is 6.01. The van der Waals surface area contributed by atoms with Gasteiger partial charge in [-0.3, -0.25) is 4.90 Å². The molecule has 0 aromatic heterocycles. The molecule has 0 aromatic rings. The largest absolute Gasteiger partial charge is 0.328 e. The lowest BCUT2D eigenvalue weighted by atomic mass is 9.79. The highest BCUT2D eigenvalue weighted by Gasteiger charge is 2.41. The van der Waals surface area contributed by atoms with E-state index in [-0.39, 0.29) is 0 Å². The Morgan fingerprint density at radius 1 is 0.923 bits per heavy atom. The fourth-order valence-electron chi connectivity index (χ4n) is 3.24. The first-order valence-corrected chi connectivity index (χ1v) is 5.82. The molecule has 3 rings (SSSR count). The zero-order chi connectivity index (χ0) is 8.84. The van der Waals surface area contributed by atoms with Gasteiger partial charge in [0.05, 0.1) is 0 Å². The van der Waals surface area contributed by atoms with Crippen LogP contribution in [0, 0.1) is 11.8 Å². The normalized spacial score (nSPS) is 46.4. The Bertz CT molecular complexity index is 200. The predicted molar refractivity (Wildman–Crippen MR) is 53.4 cm³/mol. The molecule has 3 unspecified atom stereocenters. The van der Waals surface area contributed by atoms with E-state index in [2.05, 4.69) is 4.90 Å². The Labute approximate surface area is 80.5 Å². The number of fused-ring (bicyclic) bond motifs is 1. The second-order valence-electron chi connectivity index (χ2n) is 5.28. The number of hydrogen-bond acceptors (Lipinski definition) is 2. The average Bonchev–Trinajstić information content (AvgIpc) is 2.87. The lowest BCUT2D eigenvalue weighted by Crippen LogP contribution is -2.32. The van der Waals surface area contributed by atoms with Crippen LogP contribution in [-0.2, 0) is 0 Å². The molecular weight excluding hydrogens is 160 g/mol. The Morgan fingerprint density at radius 2 is 1.69 bits per heavy atom. The van der Waals surface area contributed by atoms with Gasteiger partial charge in [0.2, 0.25) is 0 Å². The number of nitrogens with zero attached hydrogens (tertiary/aromatic N) is 1. The van der Waals surface area contributed by atoms with Gasteiger partial charge in [-0.25, -0.2) is 0 Å². The molecule has 1 saturated heterocycles. The number of nitrogens with two attached hydrogens (primary N) is 1. The number of likely N-dealkylation sites (tertiary alicyclic amines) is 1. The molecular formula is C11H20N2. The van der Waals surface area contributed by atoms with Crippen molar-refractivity contribution in [3.05, 3.63) is 0 Å². The van der Waals surface area contributed by atoms with Crippen LogP contribution >= 0.6 is 0 Å². The Balaban J connectivity index is 1.64. The molecule has 0 spiro atoms. The summed E-state index contributed by atoms with van der Waals surface area (Å²) in [5.41, 5.74) is 6.01. The molecule has 2 saturated carbocycles. The van der Waals surface area contributed by atoms with Crippen LogP contribution in [0.4, 0.5) is 0 Å². The zero-order valence-corrected chi connectivity index (χ0v) is 8.28. The van der Waals surface area contributed by atoms with Crippen LogP contribution < -0.4 is 5.73 Å². The van der Waals surface area contributed by atoms with Crippen molar-refractivity contribution in [2.75, 3.05) is 13.1 Å². The van der Waals surface area contributed by atoms with Crippen LogP contribution in [0.15, 0.2) is 0 Å². The summed E-state index contributed by atoms with van der Waals surface area (Å²) in [4.78, 5) is 2.73. The summed E-state index contributed by atoms with van der Waals surface area (Å²) < 4.78 is 0. The quantitative estimate of drug-likeness (QED) is 0.657. The maximum Gasteiger partial charge on any atom is 0.00966 e. The molecule has 3 atom stereocenters. The van der Waals surface area contributed by atoms with E-state index in [9.17, 15) is 0 Å². The molecule has 3 fully saturated rings. The number of rotatable bonds is 1. The molecule has 0 radical (unpaired) electrons. The lowest BCUT2D eigenvalue weighted by molar-refractivity contribution is 0.271. The molecule has 0 amide bonds. The smallest absolute Gasteiger partial charge is 0.00966 e. The molecule has 0 bridgehead atoms. The molecule has 2 aliphatic carbocycles. The lowest BCUT2D eigenvalue weighted by Gasteiger charge is -2.28. The van der Waals surface area contributed by atoms with Gasteiger partial charge in [0.15, 0.2) is 0 Å². The predicted octanol–water partition coefficient (Wildman–Crippen LogP) is 1.21. The molecule has 1 heterocycles. The summed E-state index contributed by atoms with van der Waals surface area (Å²) in [6.07, 6.45) is 6.90. The van der Waals surface area contributed by atoms with Crippen LogP contribution in [0.25, 0.3) is 0 Å². The van der Waals surface area contributed by atoms with Gasteiger partial charge in [-0.2, -0.15) is 0 Å². The molecule has 0 aromatic carbocycles. The fourth-order valence-corrected chi connectivity index (χ4v) is 3.24. The third-order valence-corrected chi connectivity index (χ3v) is 4.18. The maximum absolute atomic E-state index is 6.01. The fraction of sp³-hybridized carbons (Fsp3) is 1.00. The van der Waals surface area contributed by atoms with Crippen LogP contribution in [0.2, 0.25) is 0 Å². The third-order valence-electron chi connectivity index (χ3n) is 4.18. The first-order valence-electron chi connectivity index (χ1n) is 5.82. The highest BCUT2D eigenvalue weighted by atomic mass is 15.2.